The molecule has 1 aromatic carbocycles. The zero-order valence-corrected chi connectivity index (χ0v) is 19.4. The van der Waals surface area contributed by atoms with Crippen LogP contribution in [0.15, 0.2) is 30.5 Å². The van der Waals surface area contributed by atoms with E-state index in [0.29, 0.717) is 5.56 Å². The number of carboxylic acids is 1. The number of fused-ring (bicyclic) bond motifs is 1. The fourth-order valence-electron chi connectivity index (χ4n) is 3.43. The van der Waals surface area contributed by atoms with Crippen LogP contribution in [0.3, 0.4) is 0 Å². The number of aliphatic hydroxyl groups is 2. The van der Waals surface area contributed by atoms with E-state index < -0.39 is 72.9 Å². The van der Waals surface area contributed by atoms with Crippen molar-refractivity contribution in [3.05, 3.63) is 36.0 Å². The molecular weight excluding hydrogens is 476 g/mol. The molecular formula is C22H30N6O8. The molecule has 1 heterocycles. The van der Waals surface area contributed by atoms with Crippen molar-refractivity contribution in [2.45, 2.75) is 50.0 Å². The molecule has 0 aliphatic heterocycles. The van der Waals surface area contributed by atoms with Gasteiger partial charge < -0.3 is 47.7 Å². The molecule has 0 fully saturated rings. The van der Waals surface area contributed by atoms with Crippen LogP contribution in [0.4, 0.5) is 0 Å². The fraction of sp³-hybridized carbons (Fsp3) is 0.409. The number of primary amides is 1. The number of carbonyl (C=O) groups excluding carboxylic acids is 4. The van der Waals surface area contributed by atoms with E-state index in [2.05, 4.69) is 15.6 Å². The molecule has 11 N–H and O–H groups in total. The van der Waals surface area contributed by atoms with E-state index in [-0.39, 0.29) is 6.42 Å². The molecule has 1 aromatic heterocycles. The predicted octanol–water partition coefficient (Wildman–Crippen LogP) is -3.17. The quantitative estimate of drug-likeness (QED) is 0.133. The second-order valence-corrected chi connectivity index (χ2v) is 8.21. The number of para-hydroxylation sites is 1. The molecule has 0 spiro atoms. The maximum Gasteiger partial charge on any atom is 0.328 e. The number of nitrogens with one attached hydrogen (secondary N) is 4. The van der Waals surface area contributed by atoms with Crippen LogP contribution in [0, 0.1) is 0 Å². The van der Waals surface area contributed by atoms with Gasteiger partial charge in [0, 0.05) is 23.5 Å². The molecule has 14 heteroatoms. The lowest BCUT2D eigenvalue weighted by molar-refractivity contribution is -0.145. The van der Waals surface area contributed by atoms with E-state index in [1.54, 1.807) is 24.4 Å². The number of aliphatic carboxylic acids is 1. The molecule has 0 bridgehead atoms. The van der Waals surface area contributed by atoms with Gasteiger partial charge in [-0.2, -0.15) is 0 Å². The Bertz CT molecular complexity index is 1120. The van der Waals surface area contributed by atoms with Gasteiger partial charge >= 0.3 is 5.97 Å². The standard InChI is InChI=1S/C22H30N6O8/c1-10(30)18(22(35)36)28-21(34)16(9-29)27-20(33)15(26-19(32)13(23)7-17(24)31)6-11-8-25-14-5-3-2-4-12(11)14/h2-5,8,10,13,15-16,18,25,29-30H,6-7,9,23H2,1H3,(H2,24,31)(H,26,32)(H,27,33)(H,28,34)(H,35,36). The molecule has 0 aliphatic rings. The highest BCUT2D eigenvalue weighted by atomic mass is 16.4. The zero-order valence-electron chi connectivity index (χ0n) is 19.4. The number of aromatic nitrogens is 1. The van der Waals surface area contributed by atoms with Crippen LogP contribution in [0.2, 0.25) is 0 Å². The first kappa shape index (κ1) is 28.2. The van der Waals surface area contributed by atoms with Crippen molar-refractivity contribution in [2.24, 2.45) is 11.5 Å². The minimum Gasteiger partial charge on any atom is -0.480 e. The maximum absolute atomic E-state index is 13.1. The normalized spacial score (nSPS) is 15.2. The Kier molecular flexibility index (Phi) is 9.90. The van der Waals surface area contributed by atoms with Gasteiger partial charge in [-0.05, 0) is 18.6 Å². The maximum atomic E-state index is 13.1. The van der Waals surface area contributed by atoms with Crippen LogP contribution < -0.4 is 27.4 Å². The smallest absolute Gasteiger partial charge is 0.328 e. The monoisotopic (exact) mass is 506 g/mol. The Morgan fingerprint density at radius 2 is 1.61 bits per heavy atom. The van der Waals surface area contributed by atoms with Crippen molar-refractivity contribution in [3.63, 3.8) is 0 Å². The van der Waals surface area contributed by atoms with Crippen LogP contribution in [0.1, 0.15) is 18.9 Å². The molecule has 5 atom stereocenters. The summed E-state index contributed by atoms with van der Waals surface area (Å²) in [6.45, 7) is 0.242. The number of carboxylic acid groups (broad SMARTS) is 1. The van der Waals surface area contributed by atoms with E-state index in [1.807, 2.05) is 11.4 Å². The van der Waals surface area contributed by atoms with Gasteiger partial charge in [0.05, 0.1) is 25.2 Å². The molecule has 2 aromatic rings. The first-order valence-electron chi connectivity index (χ1n) is 11.0. The van der Waals surface area contributed by atoms with Crippen molar-refractivity contribution in [2.75, 3.05) is 6.61 Å². The Morgan fingerprint density at radius 1 is 1.00 bits per heavy atom. The predicted molar refractivity (Wildman–Crippen MR) is 126 cm³/mol. The number of hydrogen-bond acceptors (Lipinski definition) is 8. The number of H-pyrrole nitrogens is 1. The van der Waals surface area contributed by atoms with Gasteiger partial charge in [0.25, 0.3) is 0 Å². The Morgan fingerprint density at radius 3 is 2.19 bits per heavy atom. The van der Waals surface area contributed by atoms with Gasteiger partial charge in [0.15, 0.2) is 6.04 Å². The molecule has 2 rings (SSSR count). The van der Waals surface area contributed by atoms with Gasteiger partial charge in [-0.3, -0.25) is 19.2 Å². The van der Waals surface area contributed by atoms with E-state index in [1.165, 1.54) is 0 Å². The lowest BCUT2D eigenvalue weighted by atomic mass is 10.0. The topological polar surface area (TPSA) is 250 Å². The van der Waals surface area contributed by atoms with Crippen LogP contribution in [0.25, 0.3) is 10.9 Å². The number of nitrogens with two attached hydrogens (primary N) is 2. The summed E-state index contributed by atoms with van der Waals surface area (Å²) in [5, 5.41) is 35.8. The summed E-state index contributed by atoms with van der Waals surface area (Å²) in [6, 6.07) is 1.27. The molecule has 0 saturated carbocycles. The second kappa shape index (κ2) is 12.6. The summed E-state index contributed by atoms with van der Waals surface area (Å²) < 4.78 is 0. The first-order chi connectivity index (χ1) is 16.9. The molecule has 36 heavy (non-hydrogen) atoms. The average molecular weight is 507 g/mol. The minimum absolute atomic E-state index is 0.0595. The molecule has 5 unspecified atom stereocenters. The van der Waals surface area contributed by atoms with Gasteiger partial charge in [-0.1, -0.05) is 18.2 Å². The number of aliphatic hydroxyl groups excluding tert-OH is 2. The van der Waals surface area contributed by atoms with Crippen molar-refractivity contribution in [1.29, 1.82) is 0 Å². The summed E-state index contributed by atoms with van der Waals surface area (Å²) in [5.41, 5.74) is 12.2. The van der Waals surface area contributed by atoms with Crippen LogP contribution in [-0.4, -0.2) is 86.8 Å². The molecule has 0 saturated heterocycles. The second-order valence-electron chi connectivity index (χ2n) is 8.21. The van der Waals surface area contributed by atoms with Crippen LogP contribution in [0.5, 0.6) is 0 Å². The van der Waals surface area contributed by atoms with Crippen molar-refractivity contribution in [3.8, 4) is 0 Å². The minimum atomic E-state index is -1.68. The highest BCUT2D eigenvalue weighted by Gasteiger charge is 2.32. The summed E-state index contributed by atoms with van der Waals surface area (Å²) >= 11 is 0. The van der Waals surface area contributed by atoms with Gasteiger partial charge in [-0.25, -0.2) is 4.79 Å². The van der Waals surface area contributed by atoms with Crippen molar-refractivity contribution < 1.29 is 39.3 Å². The molecule has 14 nitrogen and oxygen atoms in total. The highest BCUT2D eigenvalue weighted by Crippen LogP contribution is 2.19. The summed E-state index contributed by atoms with van der Waals surface area (Å²) in [7, 11) is 0. The summed E-state index contributed by atoms with van der Waals surface area (Å²) in [4.78, 5) is 63.5. The van der Waals surface area contributed by atoms with E-state index in [4.69, 9.17) is 16.6 Å². The SMILES string of the molecule is CC(O)C(NC(=O)C(CO)NC(=O)C(Cc1c[nH]c2ccccc12)NC(=O)C(N)CC(N)=O)C(=O)O. The number of aromatic amines is 1. The Hall–Kier alpha value is -4.01. The lowest BCUT2D eigenvalue weighted by Crippen LogP contribution is -2.59. The third-order valence-corrected chi connectivity index (χ3v) is 5.35. The van der Waals surface area contributed by atoms with Gasteiger partial charge in [0.2, 0.25) is 23.6 Å². The average Bonchev–Trinajstić information content (AvgIpc) is 3.22. The first-order valence-corrected chi connectivity index (χ1v) is 11.0. The van der Waals surface area contributed by atoms with Gasteiger partial charge in [-0.15, -0.1) is 0 Å². The lowest BCUT2D eigenvalue weighted by Gasteiger charge is -2.24. The number of carbonyl (C=O) groups is 5. The van der Waals surface area contributed by atoms with Crippen LogP contribution >= 0.6 is 0 Å². The third-order valence-electron chi connectivity index (χ3n) is 5.35. The van der Waals surface area contributed by atoms with E-state index >= 15 is 0 Å². The zero-order chi connectivity index (χ0) is 27.0. The summed E-state index contributed by atoms with van der Waals surface area (Å²) in [5.74, 6) is -5.15. The third kappa shape index (κ3) is 7.49. The van der Waals surface area contributed by atoms with Crippen molar-refractivity contribution >= 4 is 40.5 Å². The summed E-state index contributed by atoms with van der Waals surface area (Å²) in [6.07, 6.45) is -0.348. The van der Waals surface area contributed by atoms with E-state index in [9.17, 15) is 34.2 Å². The Balaban J connectivity index is 2.25. The molecule has 0 aliphatic carbocycles. The number of amides is 4. The number of benzene rings is 1. The number of hydrogen-bond donors (Lipinski definition) is 9. The van der Waals surface area contributed by atoms with Crippen LogP contribution in [-0.2, 0) is 30.4 Å². The van der Waals surface area contributed by atoms with E-state index in [0.717, 1.165) is 17.8 Å². The highest BCUT2D eigenvalue weighted by molar-refractivity contribution is 5.95. The molecule has 0 radical (unpaired) electrons. The van der Waals surface area contributed by atoms with Gasteiger partial charge in [0.1, 0.15) is 12.1 Å². The largest absolute Gasteiger partial charge is 0.480 e. The fourth-order valence-corrected chi connectivity index (χ4v) is 3.43. The molecule has 196 valence electrons. The van der Waals surface area contributed by atoms with Crippen molar-refractivity contribution in [1.82, 2.24) is 20.9 Å². The molecule has 4 amide bonds. The Labute approximate surface area is 205 Å². The number of rotatable bonds is 13.